The first kappa shape index (κ1) is 22.2. The summed E-state index contributed by atoms with van der Waals surface area (Å²) < 4.78 is 12.1. The van der Waals surface area contributed by atoms with Crippen LogP contribution in [-0.4, -0.2) is 38.3 Å². The number of amides is 2. The number of benzene rings is 2. The van der Waals surface area contributed by atoms with Crippen LogP contribution in [0.2, 0.25) is 0 Å². The van der Waals surface area contributed by atoms with E-state index in [-0.39, 0.29) is 5.91 Å². The molecule has 7 nitrogen and oxygen atoms in total. The van der Waals surface area contributed by atoms with Gasteiger partial charge in [-0.15, -0.1) is 0 Å². The van der Waals surface area contributed by atoms with Crippen molar-refractivity contribution in [2.24, 2.45) is 5.10 Å². The average molecular weight is 560 g/mol. The number of ether oxygens (including phenoxy) is 2. The molecule has 9 heteroatoms. The van der Waals surface area contributed by atoms with Crippen LogP contribution in [0.1, 0.15) is 22.8 Å². The van der Waals surface area contributed by atoms with Crippen molar-refractivity contribution in [3.8, 4) is 11.5 Å². The third-order valence-electron chi connectivity index (χ3n) is 3.70. The van der Waals surface area contributed by atoms with E-state index in [1.807, 2.05) is 6.07 Å². The maximum atomic E-state index is 12.3. The Balaban J connectivity index is 1.98. The number of hydrogen-bond acceptors (Lipinski definition) is 5. The molecule has 28 heavy (non-hydrogen) atoms. The molecule has 148 valence electrons. The highest BCUT2D eigenvalue weighted by molar-refractivity contribution is 14.1. The van der Waals surface area contributed by atoms with Crippen LogP contribution in [0, 0.1) is 3.57 Å². The van der Waals surface area contributed by atoms with Crippen molar-refractivity contribution in [3.63, 3.8) is 0 Å². The molecule has 0 aliphatic rings. The minimum atomic E-state index is -0.762. The molecule has 0 saturated heterocycles. The van der Waals surface area contributed by atoms with Crippen LogP contribution in [-0.2, 0) is 4.79 Å². The number of rotatable bonds is 7. The Morgan fingerprint density at radius 2 is 1.93 bits per heavy atom. The second-order valence-corrected chi connectivity index (χ2v) is 7.66. The molecule has 1 unspecified atom stereocenters. The summed E-state index contributed by atoms with van der Waals surface area (Å²) in [6, 6.07) is 9.81. The summed E-state index contributed by atoms with van der Waals surface area (Å²) in [6.07, 6.45) is 1.49. The van der Waals surface area contributed by atoms with Gasteiger partial charge in [-0.05, 0) is 75.3 Å². The van der Waals surface area contributed by atoms with Gasteiger partial charge in [-0.25, -0.2) is 5.43 Å². The number of methoxy groups -OCH3 is 2. The zero-order valence-corrected chi connectivity index (χ0v) is 19.2. The Morgan fingerprint density at radius 1 is 1.21 bits per heavy atom. The van der Waals surface area contributed by atoms with E-state index < -0.39 is 11.9 Å². The first-order valence-electron chi connectivity index (χ1n) is 8.17. The second-order valence-electron chi connectivity index (χ2n) is 5.65. The van der Waals surface area contributed by atoms with Crippen LogP contribution in [0.3, 0.4) is 0 Å². The molecule has 0 bridgehead atoms. The summed E-state index contributed by atoms with van der Waals surface area (Å²) >= 11 is 5.44. The van der Waals surface area contributed by atoms with E-state index in [2.05, 4.69) is 54.4 Å². The van der Waals surface area contributed by atoms with Crippen molar-refractivity contribution in [1.29, 1.82) is 0 Å². The van der Waals surface area contributed by atoms with Gasteiger partial charge in [-0.1, -0.05) is 12.1 Å². The number of nitrogens with one attached hydrogen (secondary N) is 2. The van der Waals surface area contributed by atoms with E-state index in [0.29, 0.717) is 21.5 Å². The quantitative estimate of drug-likeness (QED) is 0.309. The van der Waals surface area contributed by atoms with Crippen LogP contribution in [0.15, 0.2) is 46.0 Å². The Bertz CT molecular complexity index is 905. The molecule has 0 spiro atoms. The number of hydrazone groups is 1. The normalized spacial score (nSPS) is 11.8. The molecule has 2 amide bonds. The lowest BCUT2D eigenvalue weighted by molar-refractivity contribution is -0.122. The summed E-state index contributed by atoms with van der Waals surface area (Å²) in [5.74, 6) is 0.407. The summed E-state index contributed by atoms with van der Waals surface area (Å²) in [7, 11) is 3.11. The standard InChI is InChI=1S/C19H19BrIN3O4/c1-11(23-19(26)13-6-4-5-7-14(13)20)18(25)24-22-10-12-8-15(21)17(28-3)16(9-12)27-2/h4-11H,1-3H3,(H,23,26)(H,24,25). The van der Waals surface area contributed by atoms with Crippen LogP contribution in [0.25, 0.3) is 0 Å². The Kier molecular flexibility index (Phi) is 8.24. The van der Waals surface area contributed by atoms with Gasteiger partial charge < -0.3 is 14.8 Å². The lowest BCUT2D eigenvalue weighted by Crippen LogP contribution is -2.43. The minimum Gasteiger partial charge on any atom is -0.493 e. The van der Waals surface area contributed by atoms with Gasteiger partial charge in [-0.2, -0.15) is 5.10 Å². The number of carbonyl (C=O) groups excluding carboxylic acids is 2. The molecule has 0 saturated carbocycles. The average Bonchev–Trinajstić information content (AvgIpc) is 2.67. The van der Waals surface area contributed by atoms with Crippen molar-refractivity contribution in [1.82, 2.24) is 10.7 Å². The first-order chi connectivity index (χ1) is 13.4. The molecular weight excluding hydrogens is 541 g/mol. The molecule has 0 aliphatic heterocycles. The molecule has 2 aromatic carbocycles. The molecule has 2 aromatic rings. The molecule has 0 heterocycles. The molecule has 0 fully saturated rings. The van der Waals surface area contributed by atoms with Gasteiger partial charge in [0.15, 0.2) is 11.5 Å². The SMILES string of the molecule is COc1cc(C=NNC(=O)C(C)NC(=O)c2ccccc2Br)cc(I)c1OC. The zero-order chi connectivity index (χ0) is 20.7. The summed E-state index contributed by atoms with van der Waals surface area (Å²) in [4.78, 5) is 24.4. The van der Waals surface area contributed by atoms with Crippen LogP contribution >= 0.6 is 38.5 Å². The fourth-order valence-electron chi connectivity index (χ4n) is 2.26. The lowest BCUT2D eigenvalue weighted by atomic mass is 10.2. The van der Waals surface area contributed by atoms with Gasteiger partial charge in [0, 0.05) is 4.47 Å². The topological polar surface area (TPSA) is 89.0 Å². The van der Waals surface area contributed by atoms with E-state index in [0.717, 1.165) is 9.13 Å². The van der Waals surface area contributed by atoms with Crippen LogP contribution < -0.4 is 20.2 Å². The van der Waals surface area contributed by atoms with Crippen molar-refractivity contribution in [2.45, 2.75) is 13.0 Å². The molecule has 0 aliphatic carbocycles. The predicted molar refractivity (Wildman–Crippen MR) is 119 cm³/mol. The van der Waals surface area contributed by atoms with E-state index >= 15 is 0 Å². The monoisotopic (exact) mass is 559 g/mol. The summed E-state index contributed by atoms with van der Waals surface area (Å²) in [5.41, 5.74) is 3.60. The van der Waals surface area contributed by atoms with Crippen LogP contribution in [0.4, 0.5) is 0 Å². The molecule has 2 rings (SSSR count). The molecule has 0 radical (unpaired) electrons. The van der Waals surface area contributed by atoms with Crippen molar-refractivity contribution in [2.75, 3.05) is 14.2 Å². The molecule has 0 aromatic heterocycles. The predicted octanol–water partition coefficient (Wildman–Crippen LogP) is 3.34. The van der Waals surface area contributed by atoms with Gasteiger partial charge in [0.05, 0.1) is 29.6 Å². The second kappa shape index (κ2) is 10.4. The van der Waals surface area contributed by atoms with Crippen LogP contribution in [0.5, 0.6) is 11.5 Å². The van der Waals surface area contributed by atoms with E-state index in [1.54, 1.807) is 51.5 Å². The summed E-state index contributed by atoms with van der Waals surface area (Å²) in [6.45, 7) is 1.58. The highest BCUT2D eigenvalue weighted by atomic mass is 127. The largest absolute Gasteiger partial charge is 0.493 e. The van der Waals surface area contributed by atoms with Crippen molar-refractivity contribution in [3.05, 3.63) is 55.6 Å². The lowest BCUT2D eigenvalue weighted by Gasteiger charge is -2.13. The third kappa shape index (κ3) is 5.68. The maximum absolute atomic E-state index is 12.3. The molecular formula is C19H19BrIN3O4. The molecule has 1 atom stereocenters. The number of carbonyl (C=O) groups is 2. The third-order valence-corrected chi connectivity index (χ3v) is 5.20. The Hall–Kier alpha value is -2.14. The smallest absolute Gasteiger partial charge is 0.262 e. The minimum absolute atomic E-state index is 0.353. The van der Waals surface area contributed by atoms with Crippen molar-refractivity contribution < 1.29 is 19.1 Å². The molecule has 2 N–H and O–H groups in total. The maximum Gasteiger partial charge on any atom is 0.262 e. The number of halogens is 2. The van der Waals surface area contributed by atoms with Gasteiger partial charge in [0.1, 0.15) is 6.04 Å². The fourth-order valence-corrected chi connectivity index (χ4v) is 3.58. The zero-order valence-electron chi connectivity index (χ0n) is 15.5. The van der Waals surface area contributed by atoms with E-state index in [4.69, 9.17) is 9.47 Å². The van der Waals surface area contributed by atoms with Gasteiger partial charge >= 0.3 is 0 Å². The first-order valence-corrected chi connectivity index (χ1v) is 10.0. The van der Waals surface area contributed by atoms with Gasteiger partial charge in [-0.3, -0.25) is 9.59 Å². The Morgan fingerprint density at radius 3 is 2.57 bits per heavy atom. The highest BCUT2D eigenvalue weighted by Crippen LogP contribution is 2.32. The van der Waals surface area contributed by atoms with E-state index in [1.165, 1.54) is 6.21 Å². The highest BCUT2D eigenvalue weighted by Gasteiger charge is 2.17. The van der Waals surface area contributed by atoms with Gasteiger partial charge in [0.25, 0.3) is 11.8 Å². The Labute approximate surface area is 185 Å². The number of nitrogens with zero attached hydrogens (tertiary/aromatic N) is 1. The van der Waals surface area contributed by atoms with Crippen molar-refractivity contribution >= 4 is 56.5 Å². The summed E-state index contributed by atoms with van der Waals surface area (Å²) in [5, 5.41) is 6.58. The number of hydrogen-bond donors (Lipinski definition) is 2. The fraction of sp³-hybridized carbons (Fsp3) is 0.211. The van der Waals surface area contributed by atoms with Gasteiger partial charge in [0.2, 0.25) is 0 Å². The van der Waals surface area contributed by atoms with E-state index in [9.17, 15) is 9.59 Å².